The molecular formula is C13H17NO. The molecule has 1 saturated carbocycles. The SMILES string of the molecule is COc1ccccc1C1CCC([N])CC1. The Morgan fingerprint density at radius 2 is 1.80 bits per heavy atom. The van der Waals surface area contributed by atoms with Crippen LogP contribution in [0, 0.1) is 0 Å². The molecule has 1 fully saturated rings. The van der Waals surface area contributed by atoms with E-state index >= 15 is 0 Å². The molecule has 0 unspecified atom stereocenters. The molecule has 0 amide bonds. The zero-order chi connectivity index (χ0) is 10.7. The van der Waals surface area contributed by atoms with Crippen molar-refractivity contribution in [2.75, 3.05) is 7.11 Å². The Morgan fingerprint density at radius 1 is 1.13 bits per heavy atom. The van der Waals surface area contributed by atoms with Gasteiger partial charge < -0.3 is 4.74 Å². The molecule has 0 bridgehead atoms. The van der Waals surface area contributed by atoms with Gasteiger partial charge >= 0.3 is 0 Å². The third-order valence-corrected chi connectivity index (χ3v) is 3.28. The van der Waals surface area contributed by atoms with Crippen LogP contribution in [-0.2, 0) is 0 Å². The van der Waals surface area contributed by atoms with Crippen LogP contribution in [0.3, 0.4) is 0 Å². The molecule has 0 saturated heterocycles. The molecule has 2 heteroatoms. The maximum absolute atomic E-state index is 9.47. The van der Waals surface area contributed by atoms with Gasteiger partial charge in [0, 0.05) is 6.04 Å². The molecule has 1 aliphatic rings. The Morgan fingerprint density at radius 3 is 2.47 bits per heavy atom. The first-order chi connectivity index (χ1) is 7.31. The maximum atomic E-state index is 9.47. The van der Waals surface area contributed by atoms with Crippen LogP contribution in [0.25, 0.3) is 0 Å². The van der Waals surface area contributed by atoms with Gasteiger partial charge in [0.15, 0.2) is 0 Å². The van der Waals surface area contributed by atoms with Gasteiger partial charge in [-0.1, -0.05) is 18.2 Å². The summed E-state index contributed by atoms with van der Waals surface area (Å²) in [5.74, 6) is 1.54. The Balaban J connectivity index is 2.15. The van der Waals surface area contributed by atoms with Crippen LogP contribution < -0.4 is 10.5 Å². The molecule has 15 heavy (non-hydrogen) atoms. The topological polar surface area (TPSA) is 31.5 Å². The van der Waals surface area contributed by atoms with E-state index in [4.69, 9.17) is 4.74 Å². The molecule has 1 aromatic rings. The number of methoxy groups -OCH3 is 1. The lowest BCUT2D eigenvalue weighted by Crippen LogP contribution is -2.18. The highest BCUT2D eigenvalue weighted by Crippen LogP contribution is 2.36. The van der Waals surface area contributed by atoms with E-state index in [0.717, 1.165) is 31.4 Å². The fraction of sp³-hybridized carbons (Fsp3) is 0.538. The lowest BCUT2D eigenvalue weighted by atomic mass is 9.82. The highest BCUT2D eigenvalue weighted by atomic mass is 16.5. The molecule has 1 aliphatic carbocycles. The minimum atomic E-state index is -0.0871. The van der Waals surface area contributed by atoms with Crippen LogP contribution in [0.4, 0.5) is 0 Å². The van der Waals surface area contributed by atoms with E-state index in [-0.39, 0.29) is 6.04 Å². The second kappa shape index (κ2) is 4.67. The van der Waals surface area contributed by atoms with Gasteiger partial charge in [-0.05, 0) is 43.2 Å². The van der Waals surface area contributed by atoms with Crippen molar-refractivity contribution in [3.63, 3.8) is 0 Å². The monoisotopic (exact) mass is 203 g/mol. The van der Waals surface area contributed by atoms with Crippen molar-refractivity contribution in [3.05, 3.63) is 29.8 Å². The molecule has 0 spiro atoms. The number of ether oxygens (including phenoxy) is 1. The second-order valence-corrected chi connectivity index (χ2v) is 4.25. The minimum Gasteiger partial charge on any atom is -0.496 e. The second-order valence-electron chi connectivity index (χ2n) is 4.25. The van der Waals surface area contributed by atoms with Gasteiger partial charge in [-0.3, -0.25) is 0 Å². The third kappa shape index (κ3) is 2.32. The van der Waals surface area contributed by atoms with Crippen molar-refractivity contribution in [3.8, 4) is 5.75 Å². The normalized spacial score (nSPS) is 26.3. The largest absolute Gasteiger partial charge is 0.496 e. The summed E-state index contributed by atoms with van der Waals surface area (Å²) in [7, 11) is 1.72. The smallest absolute Gasteiger partial charge is 0.122 e. The van der Waals surface area contributed by atoms with Crippen LogP contribution in [0.5, 0.6) is 5.75 Å². The molecule has 1 aromatic carbocycles. The van der Waals surface area contributed by atoms with E-state index in [1.807, 2.05) is 12.1 Å². The lowest BCUT2D eigenvalue weighted by Gasteiger charge is -2.26. The summed E-state index contributed by atoms with van der Waals surface area (Å²) < 4.78 is 5.36. The first kappa shape index (κ1) is 10.5. The molecular weight excluding hydrogens is 186 g/mol. The fourth-order valence-corrected chi connectivity index (χ4v) is 2.39. The van der Waals surface area contributed by atoms with E-state index in [1.165, 1.54) is 5.56 Å². The summed E-state index contributed by atoms with van der Waals surface area (Å²) in [6, 6.07) is 8.13. The van der Waals surface area contributed by atoms with E-state index in [2.05, 4.69) is 12.1 Å². The predicted molar refractivity (Wildman–Crippen MR) is 60.1 cm³/mol. The van der Waals surface area contributed by atoms with Crippen LogP contribution in [-0.4, -0.2) is 13.2 Å². The molecule has 2 nitrogen and oxygen atoms in total. The molecule has 0 aromatic heterocycles. The molecule has 0 N–H and O–H groups in total. The Kier molecular flexibility index (Phi) is 3.27. The van der Waals surface area contributed by atoms with Gasteiger partial charge in [0.2, 0.25) is 0 Å². The van der Waals surface area contributed by atoms with E-state index in [1.54, 1.807) is 7.11 Å². The number of hydrogen-bond donors (Lipinski definition) is 0. The molecule has 2 radical (unpaired) electrons. The van der Waals surface area contributed by atoms with Gasteiger partial charge in [-0.15, -0.1) is 5.73 Å². The molecule has 80 valence electrons. The van der Waals surface area contributed by atoms with Crippen LogP contribution >= 0.6 is 0 Å². The number of rotatable bonds is 2. The van der Waals surface area contributed by atoms with Crippen molar-refractivity contribution in [1.82, 2.24) is 5.73 Å². The molecule has 2 rings (SSSR count). The average molecular weight is 203 g/mol. The molecule has 0 heterocycles. The summed E-state index contributed by atoms with van der Waals surface area (Å²) in [4.78, 5) is 0. The van der Waals surface area contributed by atoms with Gasteiger partial charge in [-0.2, -0.15) is 0 Å². The summed E-state index contributed by atoms with van der Waals surface area (Å²) in [6.07, 6.45) is 3.98. The van der Waals surface area contributed by atoms with E-state index in [0.29, 0.717) is 5.92 Å². The van der Waals surface area contributed by atoms with Crippen molar-refractivity contribution in [2.24, 2.45) is 0 Å². The number of para-hydroxylation sites is 1. The maximum Gasteiger partial charge on any atom is 0.122 e. The van der Waals surface area contributed by atoms with Gasteiger partial charge in [0.05, 0.1) is 7.11 Å². The number of benzene rings is 1. The fourth-order valence-electron chi connectivity index (χ4n) is 2.39. The van der Waals surface area contributed by atoms with Gasteiger partial charge in [-0.25, -0.2) is 0 Å². The van der Waals surface area contributed by atoms with Crippen molar-refractivity contribution < 1.29 is 4.74 Å². The first-order valence-corrected chi connectivity index (χ1v) is 5.62. The number of hydrogen-bond acceptors (Lipinski definition) is 1. The van der Waals surface area contributed by atoms with E-state index in [9.17, 15) is 5.73 Å². The quantitative estimate of drug-likeness (QED) is 0.727. The minimum absolute atomic E-state index is 0.0871. The van der Waals surface area contributed by atoms with Crippen LogP contribution in [0.2, 0.25) is 0 Å². The Labute approximate surface area is 91.4 Å². The third-order valence-electron chi connectivity index (χ3n) is 3.28. The van der Waals surface area contributed by atoms with Crippen molar-refractivity contribution >= 4 is 0 Å². The van der Waals surface area contributed by atoms with Crippen molar-refractivity contribution in [2.45, 2.75) is 37.6 Å². The summed E-state index contributed by atoms with van der Waals surface area (Å²) in [6.45, 7) is 0. The molecule has 0 atom stereocenters. The zero-order valence-electron chi connectivity index (χ0n) is 9.15. The number of nitrogens with zero attached hydrogens (tertiary/aromatic N) is 1. The van der Waals surface area contributed by atoms with E-state index < -0.39 is 0 Å². The van der Waals surface area contributed by atoms with Crippen LogP contribution in [0.1, 0.15) is 37.2 Å². The van der Waals surface area contributed by atoms with Crippen LogP contribution in [0.15, 0.2) is 24.3 Å². The lowest BCUT2D eigenvalue weighted by molar-refractivity contribution is 0.365. The highest BCUT2D eigenvalue weighted by molar-refractivity contribution is 5.36. The Bertz CT molecular complexity index is 316. The summed E-state index contributed by atoms with van der Waals surface area (Å²) >= 11 is 0. The zero-order valence-corrected chi connectivity index (χ0v) is 9.15. The summed E-state index contributed by atoms with van der Waals surface area (Å²) in [5, 5.41) is 0. The van der Waals surface area contributed by atoms with Crippen molar-refractivity contribution in [1.29, 1.82) is 0 Å². The average Bonchev–Trinajstić information content (AvgIpc) is 2.30. The van der Waals surface area contributed by atoms with Gasteiger partial charge in [0.1, 0.15) is 5.75 Å². The first-order valence-electron chi connectivity index (χ1n) is 5.62. The Hall–Kier alpha value is -1.02. The highest BCUT2D eigenvalue weighted by Gasteiger charge is 2.22. The summed E-state index contributed by atoms with van der Waals surface area (Å²) in [5.41, 5.74) is 10.8. The molecule has 0 aliphatic heterocycles. The predicted octanol–water partition coefficient (Wildman–Crippen LogP) is 2.79. The standard InChI is InChI=1S/C13H17NO/c1-15-13-5-3-2-4-12(13)10-6-8-11(14)9-7-10/h2-5,10-11H,6-9H2,1H3. The van der Waals surface area contributed by atoms with Gasteiger partial charge in [0.25, 0.3) is 0 Å².